The average Bonchev–Trinajstić information content (AvgIpc) is 1.98. The molecule has 17 heavy (non-hydrogen) atoms. The van der Waals surface area contributed by atoms with Gasteiger partial charge in [-0.25, -0.2) is 0 Å². The maximum absolute atomic E-state index is 12.4. The van der Waals surface area contributed by atoms with Crippen molar-refractivity contribution in [1.29, 1.82) is 0 Å². The second kappa shape index (κ2) is 3.62. The second-order valence-electron chi connectivity index (χ2n) is 3.23. The summed E-state index contributed by atoms with van der Waals surface area (Å²) in [5.41, 5.74) is 3.30. The van der Waals surface area contributed by atoms with Gasteiger partial charge in [-0.05, 0) is 0 Å². The molecule has 104 valence electrons. The Hall–Kier alpha value is -0.740. The van der Waals surface area contributed by atoms with Gasteiger partial charge in [0.05, 0.1) is 0 Å². The van der Waals surface area contributed by atoms with Crippen molar-refractivity contribution in [2.24, 2.45) is 5.73 Å². The van der Waals surface area contributed by atoms with Gasteiger partial charge in [0.2, 0.25) is 0 Å². The summed E-state index contributed by atoms with van der Waals surface area (Å²) >= 11 is 0. The molecule has 0 spiro atoms. The monoisotopic (exact) mass is 281 g/mol. The first-order chi connectivity index (χ1) is 7.00. The van der Waals surface area contributed by atoms with E-state index in [-0.39, 0.29) is 0 Å². The molecular formula is C6H5F10N. The molecule has 0 rings (SSSR count). The summed E-state index contributed by atoms with van der Waals surface area (Å²) in [4.78, 5) is 0. The van der Waals surface area contributed by atoms with Crippen LogP contribution in [0.1, 0.15) is 6.92 Å². The van der Waals surface area contributed by atoms with E-state index in [1.54, 1.807) is 0 Å². The van der Waals surface area contributed by atoms with Crippen LogP contribution in [0.3, 0.4) is 0 Å². The van der Waals surface area contributed by atoms with Gasteiger partial charge in [-0.2, -0.15) is 43.9 Å². The Balaban J connectivity index is 5.73. The van der Waals surface area contributed by atoms with E-state index in [0.29, 0.717) is 0 Å². The van der Waals surface area contributed by atoms with Gasteiger partial charge in [-0.3, -0.25) is 5.73 Å². The molecule has 0 aliphatic heterocycles. The minimum atomic E-state index is -7.03. The Morgan fingerprint density at radius 2 is 0.882 bits per heavy atom. The van der Waals surface area contributed by atoms with Crippen LogP contribution in [-0.2, 0) is 0 Å². The molecule has 0 aliphatic carbocycles. The largest absolute Gasteiger partial charge is 0.392 e. The third kappa shape index (κ3) is 2.16. The van der Waals surface area contributed by atoms with Crippen LogP contribution in [-0.4, -0.2) is 29.7 Å². The van der Waals surface area contributed by atoms with Crippen LogP contribution >= 0.6 is 0 Å². The highest BCUT2D eigenvalue weighted by Crippen LogP contribution is 2.55. The van der Waals surface area contributed by atoms with E-state index in [1.165, 1.54) is 0 Å². The van der Waals surface area contributed by atoms with Crippen LogP contribution in [0.2, 0.25) is 0 Å². The smallest absolute Gasteiger partial charge is 0.267 e. The predicted molar refractivity (Wildman–Crippen MR) is 34.6 cm³/mol. The minimum absolute atomic E-state index is 0.814. The second-order valence-corrected chi connectivity index (χ2v) is 3.23. The fourth-order valence-electron chi connectivity index (χ4n) is 0.682. The first-order valence-corrected chi connectivity index (χ1v) is 3.68. The summed E-state index contributed by atoms with van der Waals surface area (Å²) in [6, 6.07) is -6.09. The molecule has 2 N–H and O–H groups in total. The Labute approximate surface area is 87.6 Å². The van der Waals surface area contributed by atoms with E-state index >= 15 is 0 Å². The quantitative estimate of drug-likeness (QED) is 0.622. The van der Waals surface area contributed by atoms with Crippen LogP contribution < -0.4 is 5.73 Å². The third-order valence-corrected chi connectivity index (χ3v) is 1.76. The number of hydrogen-bond acceptors (Lipinski definition) is 1. The molecule has 0 amide bonds. The predicted octanol–water partition coefficient (Wildman–Crippen LogP) is 3.10. The third-order valence-electron chi connectivity index (χ3n) is 1.76. The zero-order valence-electron chi connectivity index (χ0n) is 7.86. The lowest BCUT2D eigenvalue weighted by Gasteiger charge is -2.37. The van der Waals surface area contributed by atoms with Gasteiger partial charge < -0.3 is 0 Å². The van der Waals surface area contributed by atoms with E-state index in [2.05, 4.69) is 5.73 Å². The van der Waals surface area contributed by atoms with Gasteiger partial charge in [0.15, 0.2) is 0 Å². The highest BCUT2D eigenvalue weighted by Gasteiger charge is 2.84. The Morgan fingerprint density at radius 1 is 0.588 bits per heavy atom. The van der Waals surface area contributed by atoms with Gasteiger partial charge in [-0.1, -0.05) is 0 Å². The number of rotatable bonds is 4. The molecule has 0 atom stereocenters. The molecule has 0 aromatic heterocycles. The fourth-order valence-corrected chi connectivity index (χ4v) is 0.682. The topological polar surface area (TPSA) is 26.0 Å². The van der Waals surface area contributed by atoms with Gasteiger partial charge in [0.25, 0.3) is 0 Å². The van der Waals surface area contributed by atoms with Crippen LogP contribution in [0, 0.1) is 0 Å². The molecule has 1 nitrogen and oxygen atoms in total. The molecule has 0 unspecified atom stereocenters. The molecular weight excluding hydrogens is 276 g/mol. The molecule has 0 aromatic carbocycles. The van der Waals surface area contributed by atoms with Crippen molar-refractivity contribution in [3.8, 4) is 0 Å². The van der Waals surface area contributed by atoms with E-state index in [4.69, 9.17) is 0 Å². The maximum Gasteiger partial charge on any atom is 0.392 e. The molecule has 0 heterocycles. The molecule has 0 aromatic rings. The van der Waals surface area contributed by atoms with E-state index in [9.17, 15) is 43.9 Å². The summed E-state index contributed by atoms with van der Waals surface area (Å²) in [6.45, 7) is -0.814. The van der Waals surface area contributed by atoms with Crippen LogP contribution in [0.4, 0.5) is 43.9 Å². The number of halogens is 10. The van der Waals surface area contributed by atoms with Crippen LogP contribution in [0.15, 0.2) is 0 Å². The van der Waals surface area contributed by atoms with Crippen LogP contribution in [0.5, 0.6) is 0 Å². The van der Waals surface area contributed by atoms with Crippen molar-refractivity contribution in [3.05, 3.63) is 0 Å². The number of nitrogens with two attached hydrogens (primary N) is 1. The highest BCUT2D eigenvalue weighted by atomic mass is 19.4. The van der Waals surface area contributed by atoms with Gasteiger partial charge in [-0.15, -0.1) is 0 Å². The SMILES string of the molecule is CC(F)(F)C(F)(F)C(F)(F)C(F)(F)C(N)(F)F. The Bertz CT molecular complexity index is 256. The Kier molecular flexibility index (Phi) is 3.47. The van der Waals surface area contributed by atoms with Crippen molar-refractivity contribution in [3.63, 3.8) is 0 Å². The lowest BCUT2D eigenvalue weighted by molar-refractivity contribution is -0.398. The molecule has 0 bridgehead atoms. The minimum Gasteiger partial charge on any atom is -0.267 e. The first-order valence-electron chi connectivity index (χ1n) is 3.68. The van der Waals surface area contributed by atoms with Crippen molar-refractivity contribution in [2.75, 3.05) is 0 Å². The van der Waals surface area contributed by atoms with Crippen molar-refractivity contribution >= 4 is 0 Å². The normalized spacial score (nSPS) is 16.2. The molecule has 0 aliphatic rings. The van der Waals surface area contributed by atoms with Crippen molar-refractivity contribution in [1.82, 2.24) is 0 Å². The van der Waals surface area contributed by atoms with Crippen molar-refractivity contribution in [2.45, 2.75) is 36.7 Å². The molecule has 0 radical (unpaired) electrons. The standard InChI is InChI=1S/C6H5F10N/c1-2(7,8)3(9,10)4(11,12)5(13,14)6(15,16)17/h17H2,1H3. The molecule has 11 heteroatoms. The summed E-state index contributed by atoms with van der Waals surface area (Å²) < 4.78 is 122. The highest BCUT2D eigenvalue weighted by molar-refractivity contribution is 5.05. The number of alkyl halides is 10. The average molecular weight is 281 g/mol. The zero-order chi connectivity index (χ0) is 14.5. The summed E-state index contributed by atoms with van der Waals surface area (Å²) in [5.74, 6) is -26.2. The van der Waals surface area contributed by atoms with E-state index < -0.39 is 36.7 Å². The van der Waals surface area contributed by atoms with Gasteiger partial charge >= 0.3 is 29.7 Å². The molecule has 0 saturated heterocycles. The lowest BCUT2D eigenvalue weighted by atomic mass is 9.98. The maximum atomic E-state index is 12.4. The van der Waals surface area contributed by atoms with Crippen LogP contribution in [0.25, 0.3) is 0 Å². The summed E-state index contributed by atoms with van der Waals surface area (Å²) in [7, 11) is 0. The lowest BCUT2D eigenvalue weighted by Crippen LogP contribution is -2.68. The Morgan fingerprint density at radius 3 is 1.06 bits per heavy atom. The van der Waals surface area contributed by atoms with E-state index in [0.717, 1.165) is 0 Å². The molecule has 0 fully saturated rings. The summed E-state index contributed by atoms with van der Waals surface area (Å²) in [6.07, 6.45) is 0. The summed E-state index contributed by atoms with van der Waals surface area (Å²) in [5, 5.41) is 0. The molecule has 0 saturated carbocycles. The zero-order valence-corrected chi connectivity index (χ0v) is 7.86. The number of hydrogen-bond donors (Lipinski definition) is 1. The van der Waals surface area contributed by atoms with E-state index in [1.807, 2.05) is 0 Å². The fraction of sp³-hybridized carbons (Fsp3) is 1.00. The van der Waals surface area contributed by atoms with Gasteiger partial charge in [0.1, 0.15) is 0 Å². The van der Waals surface area contributed by atoms with Crippen molar-refractivity contribution < 1.29 is 43.9 Å². The first kappa shape index (κ1) is 16.3. The van der Waals surface area contributed by atoms with Gasteiger partial charge in [0, 0.05) is 6.92 Å².